The smallest absolute Gasteiger partial charge is 0.255 e. The second-order valence-electron chi connectivity index (χ2n) is 6.25. The number of rotatable bonds is 3. The van der Waals surface area contributed by atoms with Gasteiger partial charge in [0.1, 0.15) is 0 Å². The van der Waals surface area contributed by atoms with E-state index in [0.29, 0.717) is 5.56 Å². The zero-order chi connectivity index (χ0) is 16.2. The molecule has 136 valence electrons. The number of carbonyl (C=O) groups excluding carboxylic acids is 1. The Morgan fingerprint density at radius 1 is 1.16 bits per heavy atom. The van der Waals surface area contributed by atoms with E-state index in [2.05, 4.69) is 4.98 Å². The lowest BCUT2D eigenvalue weighted by Crippen LogP contribution is -2.51. The summed E-state index contributed by atoms with van der Waals surface area (Å²) in [4.78, 5) is 19.1. The molecule has 0 saturated carbocycles. The van der Waals surface area contributed by atoms with Gasteiger partial charge in [0, 0.05) is 36.6 Å². The van der Waals surface area contributed by atoms with Gasteiger partial charge < -0.3 is 10.6 Å². The van der Waals surface area contributed by atoms with Crippen molar-refractivity contribution in [3.05, 3.63) is 54.4 Å². The number of pyridine rings is 1. The molecule has 0 bridgehead atoms. The van der Waals surface area contributed by atoms with E-state index in [1.165, 1.54) is 0 Å². The van der Waals surface area contributed by atoms with Crippen molar-refractivity contribution >= 4 is 30.7 Å². The minimum Gasteiger partial charge on any atom is -0.334 e. The highest BCUT2D eigenvalue weighted by molar-refractivity contribution is 5.95. The summed E-state index contributed by atoms with van der Waals surface area (Å²) in [5, 5.41) is 0. The summed E-state index contributed by atoms with van der Waals surface area (Å²) in [7, 11) is 0. The summed E-state index contributed by atoms with van der Waals surface area (Å²) >= 11 is 0. The highest BCUT2D eigenvalue weighted by Crippen LogP contribution is 2.24. The molecule has 1 aliphatic rings. The van der Waals surface area contributed by atoms with Gasteiger partial charge in [0.15, 0.2) is 0 Å². The van der Waals surface area contributed by atoms with Crippen molar-refractivity contribution in [2.75, 3.05) is 6.54 Å². The van der Waals surface area contributed by atoms with Crippen LogP contribution in [0.15, 0.2) is 48.8 Å². The second kappa shape index (κ2) is 9.76. The fourth-order valence-electron chi connectivity index (χ4n) is 3.27. The van der Waals surface area contributed by atoms with Gasteiger partial charge in [0.2, 0.25) is 0 Å². The van der Waals surface area contributed by atoms with Crippen LogP contribution in [0.5, 0.6) is 0 Å². The lowest BCUT2D eigenvalue weighted by molar-refractivity contribution is 0.0583. The van der Waals surface area contributed by atoms with Crippen LogP contribution in [0.2, 0.25) is 0 Å². The number of halogens is 2. The molecule has 2 unspecified atom stereocenters. The Balaban J connectivity index is 0.00000156. The lowest BCUT2D eigenvalue weighted by atomic mass is 9.96. The maximum Gasteiger partial charge on any atom is 0.255 e. The minimum atomic E-state index is -0.00971. The molecule has 1 fully saturated rings. The molecule has 0 aliphatic carbocycles. The Hall–Kier alpha value is -1.62. The molecule has 2 heterocycles. The number of likely N-dealkylation sites (tertiary alicyclic amines) is 1. The molecule has 1 saturated heterocycles. The van der Waals surface area contributed by atoms with Crippen LogP contribution < -0.4 is 5.73 Å². The molecule has 25 heavy (non-hydrogen) atoms. The normalized spacial score (nSPS) is 17.8. The summed E-state index contributed by atoms with van der Waals surface area (Å²) in [5.41, 5.74) is 8.75. The minimum absolute atomic E-state index is 0. The van der Waals surface area contributed by atoms with Crippen molar-refractivity contribution < 1.29 is 4.79 Å². The number of aromatic nitrogens is 1. The van der Waals surface area contributed by atoms with Gasteiger partial charge in [-0.25, -0.2) is 0 Å². The van der Waals surface area contributed by atoms with Crippen LogP contribution >= 0.6 is 24.8 Å². The van der Waals surface area contributed by atoms with E-state index in [-0.39, 0.29) is 42.8 Å². The third-order valence-corrected chi connectivity index (χ3v) is 4.51. The van der Waals surface area contributed by atoms with E-state index in [9.17, 15) is 4.79 Å². The molecule has 0 radical (unpaired) electrons. The lowest BCUT2D eigenvalue weighted by Gasteiger charge is -2.38. The number of nitrogens with zero attached hydrogens (tertiary/aromatic N) is 2. The molecular weight excluding hydrogens is 357 g/mol. The SMILES string of the molecule is CC(N)C1CCCCN1C(=O)c1cncc(-c2ccccc2)c1.Cl.Cl. The molecule has 2 atom stereocenters. The average molecular weight is 382 g/mol. The predicted molar refractivity (Wildman–Crippen MR) is 106 cm³/mol. The third-order valence-electron chi connectivity index (χ3n) is 4.51. The van der Waals surface area contributed by atoms with E-state index in [1.54, 1.807) is 12.4 Å². The number of benzene rings is 1. The van der Waals surface area contributed by atoms with Gasteiger partial charge >= 0.3 is 0 Å². The Morgan fingerprint density at radius 2 is 1.88 bits per heavy atom. The summed E-state index contributed by atoms with van der Waals surface area (Å²) in [6.45, 7) is 2.76. The number of carbonyl (C=O) groups is 1. The summed E-state index contributed by atoms with van der Waals surface area (Å²) in [5.74, 6) is 0.0391. The van der Waals surface area contributed by atoms with Crippen molar-refractivity contribution in [1.82, 2.24) is 9.88 Å². The zero-order valence-electron chi connectivity index (χ0n) is 14.3. The average Bonchev–Trinajstić information content (AvgIpc) is 2.62. The number of hydrogen-bond acceptors (Lipinski definition) is 3. The van der Waals surface area contributed by atoms with Crippen molar-refractivity contribution in [3.8, 4) is 11.1 Å². The molecule has 0 spiro atoms. The first-order valence-electron chi connectivity index (χ1n) is 8.24. The fraction of sp³-hybridized carbons (Fsp3) is 0.368. The van der Waals surface area contributed by atoms with Crippen LogP contribution in [0, 0.1) is 0 Å². The monoisotopic (exact) mass is 381 g/mol. The van der Waals surface area contributed by atoms with Crippen molar-refractivity contribution in [2.24, 2.45) is 5.73 Å². The number of nitrogens with two attached hydrogens (primary N) is 1. The van der Waals surface area contributed by atoms with Crippen LogP contribution in [0.4, 0.5) is 0 Å². The van der Waals surface area contributed by atoms with Crippen LogP contribution in [-0.4, -0.2) is 34.4 Å². The quantitative estimate of drug-likeness (QED) is 0.875. The van der Waals surface area contributed by atoms with Gasteiger partial charge in [0.05, 0.1) is 5.56 Å². The molecule has 2 N–H and O–H groups in total. The van der Waals surface area contributed by atoms with E-state index >= 15 is 0 Å². The molecule has 1 amide bonds. The first kappa shape index (κ1) is 21.4. The Morgan fingerprint density at radius 3 is 2.56 bits per heavy atom. The van der Waals surface area contributed by atoms with Gasteiger partial charge in [-0.15, -0.1) is 24.8 Å². The standard InChI is InChI=1S/C19H23N3O.2ClH/c1-14(20)18-9-5-6-10-22(18)19(23)17-11-16(12-21-13-17)15-7-3-2-4-8-15;;/h2-4,7-8,11-14,18H,5-6,9-10,20H2,1H3;2*1H. The van der Waals surface area contributed by atoms with Crippen molar-refractivity contribution in [2.45, 2.75) is 38.3 Å². The van der Waals surface area contributed by atoms with Gasteiger partial charge in [-0.05, 0) is 37.8 Å². The van der Waals surface area contributed by atoms with Crippen LogP contribution in [0.1, 0.15) is 36.5 Å². The van der Waals surface area contributed by atoms with E-state index in [4.69, 9.17) is 5.73 Å². The Kier molecular flexibility index (Phi) is 8.36. The Bertz CT molecular complexity index is 679. The zero-order valence-corrected chi connectivity index (χ0v) is 15.9. The van der Waals surface area contributed by atoms with Crippen LogP contribution in [0.25, 0.3) is 11.1 Å². The highest BCUT2D eigenvalue weighted by atomic mass is 35.5. The molecule has 2 aromatic rings. The number of amides is 1. The predicted octanol–water partition coefficient (Wildman–Crippen LogP) is 3.93. The van der Waals surface area contributed by atoms with Crippen LogP contribution in [0.3, 0.4) is 0 Å². The van der Waals surface area contributed by atoms with Crippen molar-refractivity contribution in [1.29, 1.82) is 0 Å². The number of hydrogen-bond donors (Lipinski definition) is 1. The van der Waals surface area contributed by atoms with E-state index < -0.39 is 0 Å². The maximum absolute atomic E-state index is 12.9. The second-order valence-corrected chi connectivity index (χ2v) is 6.25. The molecule has 1 aromatic carbocycles. The number of piperidine rings is 1. The first-order valence-corrected chi connectivity index (χ1v) is 8.24. The summed E-state index contributed by atoms with van der Waals surface area (Å²) < 4.78 is 0. The van der Waals surface area contributed by atoms with Gasteiger partial charge in [0.25, 0.3) is 5.91 Å². The summed E-state index contributed by atoms with van der Waals surface area (Å²) in [6.07, 6.45) is 6.61. The Labute approximate surface area is 161 Å². The van der Waals surface area contributed by atoms with E-state index in [0.717, 1.165) is 36.9 Å². The maximum atomic E-state index is 12.9. The molecule has 1 aromatic heterocycles. The first-order chi connectivity index (χ1) is 11.2. The van der Waals surface area contributed by atoms with Gasteiger partial charge in [-0.2, -0.15) is 0 Å². The largest absolute Gasteiger partial charge is 0.334 e. The van der Waals surface area contributed by atoms with Crippen LogP contribution in [-0.2, 0) is 0 Å². The van der Waals surface area contributed by atoms with Gasteiger partial charge in [-0.3, -0.25) is 9.78 Å². The third kappa shape index (κ3) is 4.94. The molecule has 1 aliphatic heterocycles. The fourth-order valence-corrected chi connectivity index (χ4v) is 3.27. The van der Waals surface area contributed by atoms with E-state index in [1.807, 2.05) is 48.2 Å². The topological polar surface area (TPSA) is 59.2 Å². The molecule has 6 heteroatoms. The molecular formula is C19H25Cl2N3O. The summed E-state index contributed by atoms with van der Waals surface area (Å²) in [6, 6.07) is 12.0. The van der Waals surface area contributed by atoms with Crippen molar-refractivity contribution in [3.63, 3.8) is 0 Å². The molecule has 4 nitrogen and oxygen atoms in total. The van der Waals surface area contributed by atoms with Gasteiger partial charge in [-0.1, -0.05) is 30.3 Å². The highest BCUT2D eigenvalue weighted by Gasteiger charge is 2.30. The molecule has 3 rings (SSSR count).